The largest absolute Gasteiger partial charge is 0.387 e. The maximum Gasteiger partial charge on any atom is 0.0968 e. The first-order valence-corrected chi connectivity index (χ1v) is 7.42. The molecule has 3 rings (SSSR count). The quantitative estimate of drug-likeness (QED) is 0.910. The Morgan fingerprint density at radius 2 is 1.90 bits per heavy atom. The summed E-state index contributed by atoms with van der Waals surface area (Å²) < 4.78 is 0. The van der Waals surface area contributed by atoms with Crippen molar-refractivity contribution in [3.8, 4) is 0 Å². The van der Waals surface area contributed by atoms with Crippen molar-refractivity contribution < 1.29 is 5.11 Å². The molecule has 1 unspecified atom stereocenters. The van der Waals surface area contributed by atoms with Crippen LogP contribution < -0.4 is 0 Å². The van der Waals surface area contributed by atoms with Crippen LogP contribution in [0.25, 0.3) is 0 Å². The number of hydrogen-bond donors (Lipinski definition) is 1. The number of aliphatic hydroxyl groups excluding tert-OH is 1. The summed E-state index contributed by atoms with van der Waals surface area (Å²) in [5.41, 5.74) is 2.12. The fourth-order valence-corrected chi connectivity index (χ4v) is 3.19. The predicted octanol–water partition coefficient (Wildman–Crippen LogP) is 4.28. The predicted molar refractivity (Wildman–Crippen MR) is 80.8 cm³/mol. The number of benzene rings is 1. The van der Waals surface area contributed by atoms with Crippen LogP contribution in [0, 0.1) is 0 Å². The Kier molecular flexibility index (Phi) is 3.77. The number of pyridine rings is 1. The van der Waals surface area contributed by atoms with E-state index in [1.54, 1.807) is 6.20 Å². The minimum absolute atomic E-state index is 0.0848. The van der Waals surface area contributed by atoms with E-state index in [0.29, 0.717) is 0 Å². The molecule has 1 fully saturated rings. The van der Waals surface area contributed by atoms with Crippen LogP contribution in [0.2, 0.25) is 5.02 Å². The first-order chi connectivity index (χ1) is 9.70. The van der Waals surface area contributed by atoms with E-state index in [-0.39, 0.29) is 5.41 Å². The number of halogens is 1. The van der Waals surface area contributed by atoms with Crippen LogP contribution in [0.4, 0.5) is 0 Å². The zero-order chi connectivity index (χ0) is 14.0. The summed E-state index contributed by atoms with van der Waals surface area (Å²) in [4.78, 5) is 4.26. The van der Waals surface area contributed by atoms with Crippen molar-refractivity contribution in [3.63, 3.8) is 0 Å². The second-order valence-corrected chi connectivity index (χ2v) is 6.05. The molecule has 0 amide bonds. The normalized spacial score (nSPS) is 18.3. The molecular weight excluding hydrogens is 270 g/mol. The molecule has 1 saturated carbocycles. The van der Waals surface area contributed by atoms with Crippen LogP contribution in [0.1, 0.15) is 43.0 Å². The van der Waals surface area contributed by atoms with Crippen molar-refractivity contribution >= 4 is 11.6 Å². The van der Waals surface area contributed by atoms with E-state index in [1.807, 2.05) is 30.3 Å². The summed E-state index contributed by atoms with van der Waals surface area (Å²) in [6.07, 6.45) is 5.42. The molecule has 0 saturated heterocycles. The van der Waals surface area contributed by atoms with Gasteiger partial charge in [-0.2, -0.15) is 0 Å². The molecule has 1 N–H and O–H groups in total. The first kappa shape index (κ1) is 13.6. The van der Waals surface area contributed by atoms with Gasteiger partial charge in [-0.15, -0.1) is 0 Å². The van der Waals surface area contributed by atoms with E-state index in [4.69, 9.17) is 11.6 Å². The highest BCUT2D eigenvalue weighted by atomic mass is 35.5. The summed E-state index contributed by atoms with van der Waals surface area (Å²) in [6, 6.07) is 13.7. The molecule has 1 aromatic carbocycles. The second kappa shape index (κ2) is 5.55. The third-order valence-electron chi connectivity index (χ3n) is 4.38. The van der Waals surface area contributed by atoms with E-state index in [2.05, 4.69) is 17.1 Å². The maximum absolute atomic E-state index is 10.4. The number of aliphatic hydroxyl groups is 1. The van der Waals surface area contributed by atoms with Gasteiger partial charge in [0.15, 0.2) is 0 Å². The van der Waals surface area contributed by atoms with E-state index in [9.17, 15) is 5.11 Å². The molecule has 0 aliphatic heterocycles. The Balaban J connectivity index is 1.81. The summed E-state index contributed by atoms with van der Waals surface area (Å²) in [6.45, 7) is 0. The third-order valence-corrected chi connectivity index (χ3v) is 4.63. The molecule has 1 aromatic heterocycles. The van der Waals surface area contributed by atoms with Gasteiger partial charge in [0.2, 0.25) is 0 Å². The molecule has 1 aliphatic carbocycles. The van der Waals surface area contributed by atoms with Crippen molar-refractivity contribution in [2.45, 2.75) is 37.2 Å². The van der Waals surface area contributed by atoms with Crippen LogP contribution in [0.5, 0.6) is 0 Å². The minimum atomic E-state index is -0.507. The average molecular weight is 288 g/mol. The highest BCUT2D eigenvalue weighted by Gasteiger charge is 2.40. The highest BCUT2D eigenvalue weighted by molar-refractivity contribution is 6.30. The van der Waals surface area contributed by atoms with Crippen LogP contribution in [-0.2, 0) is 5.41 Å². The lowest BCUT2D eigenvalue weighted by molar-refractivity contribution is 0.0913. The molecule has 104 valence electrons. The molecule has 3 heteroatoms. The van der Waals surface area contributed by atoms with Gasteiger partial charge in [-0.05, 0) is 54.5 Å². The van der Waals surface area contributed by atoms with Gasteiger partial charge in [0.1, 0.15) is 0 Å². The van der Waals surface area contributed by atoms with E-state index >= 15 is 0 Å². The fourth-order valence-electron chi connectivity index (χ4n) is 3.07. The van der Waals surface area contributed by atoms with Crippen LogP contribution in [0.3, 0.4) is 0 Å². The zero-order valence-corrected chi connectivity index (χ0v) is 12.1. The number of rotatable bonds is 4. The Bertz CT molecular complexity index is 563. The van der Waals surface area contributed by atoms with Gasteiger partial charge in [0.05, 0.1) is 11.8 Å². The molecule has 0 radical (unpaired) electrons. The molecule has 0 spiro atoms. The van der Waals surface area contributed by atoms with E-state index < -0.39 is 6.10 Å². The van der Waals surface area contributed by atoms with E-state index in [1.165, 1.54) is 12.0 Å². The molecule has 1 aliphatic rings. The number of nitrogens with zero attached hydrogens (tertiary/aromatic N) is 1. The maximum atomic E-state index is 10.4. The average Bonchev–Trinajstić information content (AvgIpc) is 2.45. The summed E-state index contributed by atoms with van der Waals surface area (Å²) in [5, 5.41) is 11.2. The minimum Gasteiger partial charge on any atom is -0.387 e. The summed E-state index contributed by atoms with van der Waals surface area (Å²) >= 11 is 5.97. The van der Waals surface area contributed by atoms with Crippen molar-refractivity contribution in [3.05, 3.63) is 64.9 Å². The zero-order valence-electron chi connectivity index (χ0n) is 11.3. The standard InChI is InChI=1S/C17H18ClNO/c18-14-7-5-13(6-8-14)17(9-3-10-17)12-16(20)15-4-1-2-11-19-15/h1-2,4-8,11,16,20H,3,9-10,12H2. The van der Waals surface area contributed by atoms with E-state index in [0.717, 1.165) is 30.0 Å². The Hall–Kier alpha value is -1.38. The van der Waals surface area contributed by atoms with Gasteiger partial charge < -0.3 is 5.11 Å². The number of aromatic nitrogens is 1. The molecule has 2 aromatic rings. The van der Waals surface area contributed by atoms with Crippen LogP contribution in [-0.4, -0.2) is 10.1 Å². The van der Waals surface area contributed by atoms with Gasteiger partial charge in [0, 0.05) is 11.2 Å². The lowest BCUT2D eigenvalue weighted by atomic mass is 9.61. The lowest BCUT2D eigenvalue weighted by Crippen LogP contribution is -2.36. The lowest BCUT2D eigenvalue weighted by Gasteiger charge is -2.44. The van der Waals surface area contributed by atoms with Crippen molar-refractivity contribution in [1.29, 1.82) is 0 Å². The van der Waals surface area contributed by atoms with Gasteiger partial charge in [0.25, 0.3) is 0 Å². The third kappa shape index (κ3) is 2.58. The first-order valence-electron chi connectivity index (χ1n) is 7.05. The number of hydrogen-bond acceptors (Lipinski definition) is 2. The molecule has 20 heavy (non-hydrogen) atoms. The monoisotopic (exact) mass is 287 g/mol. The van der Waals surface area contributed by atoms with Crippen molar-refractivity contribution in [2.75, 3.05) is 0 Å². The fraction of sp³-hybridized carbons (Fsp3) is 0.353. The van der Waals surface area contributed by atoms with Gasteiger partial charge in [-0.3, -0.25) is 4.98 Å². The second-order valence-electron chi connectivity index (χ2n) is 5.62. The summed E-state index contributed by atoms with van der Waals surface area (Å²) in [7, 11) is 0. The van der Waals surface area contributed by atoms with Crippen LogP contribution in [0.15, 0.2) is 48.7 Å². The SMILES string of the molecule is OC(CC1(c2ccc(Cl)cc2)CCC1)c1ccccn1. The smallest absolute Gasteiger partial charge is 0.0968 e. The van der Waals surface area contributed by atoms with Gasteiger partial charge in [-0.25, -0.2) is 0 Å². The van der Waals surface area contributed by atoms with Crippen LogP contribution >= 0.6 is 11.6 Å². The van der Waals surface area contributed by atoms with Gasteiger partial charge >= 0.3 is 0 Å². The Morgan fingerprint density at radius 3 is 2.45 bits per heavy atom. The molecule has 1 atom stereocenters. The topological polar surface area (TPSA) is 33.1 Å². The van der Waals surface area contributed by atoms with Crippen molar-refractivity contribution in [1.82, 2.24) is 4.98 Å². The van der Waals surface area contributed by atoms with Crippen molar-refractivity contribution in [2.24, 2.45) is 0 Å². The van der Waals surface area contributed by atoms with Gasteiger partial charge in [-0.1, -0.05) is 36.2 Å². The molecular formula is C17H18ClNO. The molecule has 1 heterocycles. The Labute approximate surface area is 124 Å². The Morgan fingerprint density at radius 1 is 1.15 bits per heavy atom. The highest BCUT2D eigenvalue weighted by Crippen LogP contribution is 2.49. The molecule has 0 bridgehead atoms. The summed E-state index contributed by atoms with van der Waals surface area (Å²) in [5.74, 6) is 0. The molecule has 2 nitrogen and oxygen atoms in total.